The summed E-state index contributed by atoms with van der Waals surface area (Å²) in [7, 11) is 0. The summed E-state index contributed by atoms with van der Waals surface area (Å²) in [6.07, 6.45) is 2.22. The number of piperidine rings is 1. The van der Waals surface area contributed by atoms with Crippen LogP contribution in [0.4, 0.5) is 4.79 Å². The number of nitrogens with zero attached hydrogens (tertiary/aromatic N) is 2. The van der Waals surface area contributed by atoms with Gasteiger partial charge in [0.05, 0.1) is 5.41 Å². The van der Waals surface area contributed by atoms with E-state index in [1.807, 2.05) is 56.0 Å². The lowest BCUT2D eigenvalue weighted by atomic mass is 9.78. The van der Waals surface area contributed by atoms with E-state index in [0.717, 1.165) is 31.4 Å². The van der Waals surface area contributed by atoms with E-state index in [9.17, 15) is 9.59 Å². The van der Waals surface area contributed by atoms with Gasteiger partial charge in [-0.15, -0.1) is 0 Å². The molecule has 0 aromatic heterocycles. The van der Waals surface area contributed by atoms with Crippen LogP contribution in [0.25, 0.3) is 0 Å². The van der Waals surface area contributed by atoms with E-state index < -0.39 is 11.0 Å². The number of likely N-dealkylation sites (tertiary alicyclic amines) is 2. The van der Waals surface area contributed by atoms with E-state index in [1.54, 1.807) is 4.90 Å². The quantitative estimate of drug-likeness (QED) is 0.826. The minimum absolute atomic E-state index is 0.185. The molecule has 1 aromatic carbocycles. The first-order valence-corrected chi connectivity index (χ1v) is 9.10. The van der Waals surface area contributed by atoms with Crippen molar-refractivity contribution in [3.05, 3.63) is 35.9 Å². The minimum atomic E-state index is -0.513. The number of amides is 2. The highest BCUT2D eigenvalue weighted by atomic mass is 16.6. The largest absolute Gasteiger partial charge is 0.444 e. The summed E-state index contributed by atoms with van der Waals surface area (Å²) in [6.45, 7) is 8.16. The van der Waals surface area contributed by atoms with Crippen LogP contribution in [0.15, 0.2) is 30.3 Å². The van der Waals surface area contributed by atoms with Crippen molar-refractivity contribution in [3.8, 4) is 0 Å². The highest BCUT2D eigenvalue weighted by molar-refractivity contribution is 5.86. The summed E-state index contributed by atoms with van der Waals surface area (Å²) < 4.78 is 5.50. The molecule has 2 fully saturated rings. The van der Waals surface area contributed by atoms with Crippen molar-refractivity contribution in [2.45, 2.75) is 52.2 Å². The zero-order chi connectivity index (χ0) is 18.1. The van der Waals surface area contributed by atoms with Gasteiger partial charge in [-0.2, -0.15) is 0 Å². The van der Waals surface area contributed by atoms with Gasteiger partial charge >= 0.3 is 6.09 Å². The number of hydrogen-bond acceptors (Lipinski definition) is 3. The molecule has 1 aromatic rings. The molecule has 5 nitrogen and oxygen atoms in total. The number of carbonyl (C=O) groups is 2. The predicted molar refractivity (Wildman–Crippen MR) is 96.0 cm³/mol. The van der Waals surface area contributed by atoms with Crippen molar-refractivity contribution in [2.75, 3.05) is 19.6 Å². The number of rotatable bonds is 2. The van der Waals surface area contributed by atoms with Gasteiger partial charge in [0.15, 0.2) is 0 Å². The summed E-state index contributed by atoms with van der Waals surface area (Å²) in [5, 5.41) is 0. The number of ether oxygens (including phenoxy) is 1. The average Bonchev–Trinajstić information content (AvgIpc) is 2.84. The van der Waals surface area contributed by atoms with Crippen molar-refractivity contribution in [1.82, 2.24) is 9.80 Å². The Kier molecular flexibility index (Phi) is 4.76. The molecule has 2 saturated heterocycles. The lowest BCUT2D eigenvalue weighted by Crippen LogP contribution is -2.50. The monoisotopic (exact) mass is 344 g/mol. The molecule has 0 saturated carbocycles. The molecule has 0 bridgehead atoms. The van der Waals surface area contributed by atoms with Crippen LogP contribution in [-0.2, 0) is 16.1 Å². The Bertz CT molecular complexity index is 638. The topological polar surface area (TPSA) is 49.9 Å². The van der Waals surface area contributed by atoms with Crippen LogP contribution in [0, 0.1) is 5.41 Å². The van der Waals surface area contributed by atoms with Gasteiger partial charge in [-0.3, -0.25) is 4.79 Å². The Hall–Kier alpha value is -2.04. The molecule has 1 atom stereocenters. The van der Waals surface area contributed by atoms with Crippen molar-refractivity contribution in [3.63, 3.8) is 0 Å². The van der Waals surface area contributed by atoms with E-state index in [4.69, 9.17) is 4.74 Å². The van der Waals surface area contributed by atoms with Gasteiger partial charge in [0.1, 0.15) is 5.60 Å². The number of benzene rings is 1. The highest BCUT2D eigenvalue weighted by Crippen LogP contribution is 2.41. The van der Waals surface area contributed by atoms with Crippen LogP contribution in [0.1, 0.15) is 45.6 Å². The molecule has 2 heterocycles. The highest BCUT2D eigenvalue weighted by Gasteiger charge is 2.49. The van der Waals surface area contributed by atoms with Crippen molar-refractivity contribution >= 4 is 12.0 Å². The fourth-order valence-corrected chi connectivity index (χ4v) is 3.84. The van der Waals surface area contributed by atoms with Crippen LogP contribution in [0.5, 0.6) is 0 Å². The summed E-state index contributed by atoms with van der Waals surface area (Å²) in [4.78, 5) is 29.2. The second-order valence-electron chi connectivity index (χ2n) is 8.25. The van der Waals surface area contributed by atoms with Gasteiger partial charge < -0.3 is 14.5 Å². The molecule has 0 aliphatic carbocycles. The van der Waals surface area contributed by atoms with Gasteiger partial charge in [0, 0.05) is 26.2 Å². The zero-order valence-electron chi connectivity index (χ0n) is 15.5. The fraction of sp³-hybridized carbons (Fsp3) is 0.600. The maximum Gasteiger partial charge on any atom is 0.410 e. The fourth-order valence-electron chi connectivity index (χ4n) is 3.84. The molecule has 0 radical (unpaired) electrons. The van der Waals surface area contributed by atoms with Gasteiger partial charge in [-0.05, 0) is 45.6 Å². The maximum atomic E-state index is 13.1. The first-order valence-electron chi connectivity index (χ1n) is 9.10. The summed E-state index contributed by atoms with van der Waals surface area (Å²) in [5.41, 5.74) is 0.206. The first kappa shape index (κ1) is 17.8. The molecule has 5 heteroatoms. The Labute approximate surface area is 149 Å². The summed E-state index contributed by atoms with van der Waals surface area (Å²) in [5.74, 6) is 0.185. The van der Waals surface area contributed by atoms with Gasteiger partial charge in [0.2, 0.25) is 5.91 Å². The molecule has 0 unspecified atom stereocenters. The first-order chi connectivity index (χ1) is 11.8. The third-order valence-electron chi connectivity index (χ3n) is 5.05. The average molecular weight is 344 g/mol. The molecule has 1 spiro atoms. The Balaban J connectivity index is 1.67. The third-order valence-corrected chi connectivity index (χ3v) is 5.05. The van der Waals surface area contributed by atoms with Gasteiger partial charge in [-0.1, -0.05) is 30.3 Å². The van der Waals surface area contributed by atoms with Crippen molar-refractivity contribution in [2.24, 2.45) is 5.41 Å². The summed E-state index contributed by atoms with van der Waals surface area (Å²) in [6, 6.07) is 10.1. The van der Waals surface area contributed by atoms with Crippen LogP contribution < -0.4 is 0 Å². The molecule has 0 N–H and O–H groups in total. The van der Waals surface area contributed by atoms with E-state index in [1.165, 1.54) is 0 Å². The molecule has 25 heavy (non-hydrogen) atoms. The minimum Gasteiger partial charge on any atom is -0.444 e. The number of carbonyl (C=O) groups excluding carboxylic acids is 2. The zero-order valence-corrected chi connectivity index (χ0v) is 15.5. The van der Waals surface area contributed by atoms with Crippen LogP contribution in [-0.4, -0.2) is 47.0 Å². The smallest absolute Gasteiger partial charge is 0.410 e. The maximum absolute atomic E-state index is 13.1. The molecule has 2 aliphatic heterocycles. The Morgan fingerprint density at radius 3 is 2.56 bits per heavy atom. The second-order valence-corrected chi connectivity index (χ2v) is 8.25. The predicted octanol–water partition coefficient (Wildman–Crippen LogP) is 3.44. The molecular formula is C20H28N2O3. The van der Waals surface area contributed by atoms with Gasteiger partial charge in [0.25, 0.3) is 0 Å². The molecule has 3 rings (SSSR count). The standard InChI is InChI=1S/C20H28N2O3/c1-19(2,3)25-18(24)22-12-7-10-20(15-22)11-13-21(17(20)23)14-16-8-5-4-6-9-16/h4-6,8-9H,7,10-15H2,1-3H3/t20-/m1/s1. The SMILES string of the molecule is CC(C)(C)OC(=O)N1CCC[C@@]2(CCN(Cc3ccccc3)C2=O)C1. The number of hydrogen-bond donors (Lipinski definition) is 0. The van der Waals surface area contributed by atoms with Crippen LogP contribution >= 0.6 is 0 Å². The Morgan fingerprint density at radius 2 is 1.88 bits per heavy atom. The van der Waals surface area contributed by atoms with E-state index in [-0.39, 0.29) is 12.0 Å². The molecular weight excluding hydrogens is 316 g/mol. The lowest BCUT2D eigenvalue weighted by Gasteiger charge is -2.39. The normalized spacial score (nSPS) is 24.0. The van der Waals surface area contributed by atoms with Crippen molar-refractivity contribution < 1.29 is 14.3 Å². The van der Waals surface area contributed by atoms with Crippen LogP contribution in [0.2, 0.25) is 0 Å². The van der Waals surface area contributed by atoms with Gasteiger partial charge in [-0.25, -0.2) is 4.79 Å². The van der Waals surface area contributed by atoms with E-state index >= 15 is 0 Å². The molecule has 2 aliphatic rings. The Morgan fingerprint density at radius 1 is 1.16 bits per heavy atom. The third kappa shape index (κ3) is 3.97. The van der Waals surface area contributed by atoms with E-state index in [2.05, 4.69) is 0 Å². The van der Waals surface area contributed by atoms with E-state index in [0.29, 0.717) is 19.6 Å². The summed E-state index contributed by atoms with van der Waals surface area (Å²) >= 11 is 0. The molecule has 136 valence electrons. The second kappa shape index (κ2) is 6.70. The van der Waals surface area contributed by atoms with Crippen LogP contribution in [0.3, 0.4) is 0 Å². The lowest BCUT2D eigenvalue weighted by molar-refractivity contribution is -0.139. The van der Waals surface area contributed by atoms with Crippen molar-refractivity contribution in [1.29, 1.82) is 0 Å². The molecule has 2 amide bonds.